The van der Waals surface area contributed by atoms with E-state index in [9.17, 15) is 4.79 Å². The van der Waals surface area contributed by atoms with Gasteiger partial charge in [-0.3, -0.25) is 0 Å². The number of hydrogen-bond acceptors (Lipinski definition) is 2. The van der Waals surface area contributed by atoms with Crippen LogP contribution in [0.4, 0.5) is 0 Å². The van der Waals surface area contributed by atoms with Crippen LogP contribution in [0.25, 0.3) is 0 Å². The Labute approximate surface area is 108 Å². The number of carbonyl (C=O) groups is 1. The molecule has 98 valence electrons. The normalized spacial score (nSPS) is 16.0. The van der Waals surface area contributed by atoms with Crippen molar-refractivity contribution in [1.29, 1.82) is 0 Å². The molecule has 3 nitrogen and oxygen atoms in total. The van der Waals surface area contributed by atoms with Gasteiger partial charge >= 0.3 is 5.97 Å². The number of nitrogens with one attached hydrogen (secondary N) is 1. The second-order valence-corrected chi connectivity index (χ2v) is 5.12. The highest BCUT2D eigenvalue weighted by Gasteiger charge is 2.13. The molecule has 1 aromatic carbocycles. The summed E-state index contributed by atoms with van der Waals surface area (Å²) in [5.74, 6) is 0.0580. The van der Waals surface area contributed by atoms with E-state index in [1.807, 2.05) is 12.1 Å². The van der Waals surface area contributed by atoms with E-state index in [-0.39, 0.29) is 0 Å². The van der Waals surface area contributed by atoms with Crippen LogP contribution in [0, 0.1) is 5.92 Å². The molecule has 1 aliphatic carbocycles. The van der Waals surface area contributed by atoms with E-state index in [0.29, 0.717) is 5.56 Å². The number of aromatic carboxylic acids is 1. The fourth-order valence-corrected chi connectivity index (χ4v) is 2.60. The second kappa shape index (κ2) is 6.55. The van der Waals surface area contributed by atoms with E-state index < -0.39 is 5.97 Å². The van der Waals surface area contributed by atoms with Crippen LogP contribution >= 0.6 is 0 Å². The van der Waals surface area contributed by atoms with Crippen molar-refractivity contribution >= 4 is 5.97 Å². The first kappa shape index (κ1) is 13.1. The van der Waals surface area contributed by atoms with Crippen LogP contribution in [0.1, 0.15) is 48.0 Å². The molecule has 1 aromatic rings. The summed E-state index contributed by atoms with van der Waals surface area (Å²) in [5.41, 5.74) is 1.50. The minimum absolute atomic E-state index is 0.352. The van der Waals surface area contributed by atoms with Gasteiger partial charge in [0.25, 0.3) is 0 Å². The van der Waals surface area contributed by atoms with Gasteiger partial charge in [0.15, 0.2) is 0 Å². The number of benzene rings is 1. The van der Waals surface area contributed by atoms with Crippen molar-refractivity contribution < 1.29 is 9.90 Å². The zero-order valence-electron chi connectivity index (χ0n) is 10.7. The number of hydrogen-bond donors (Lipinski definition) is 2. The molecule has 0 radical (unpaired) electrons. The van der Waals surface area contributed by atoms with E-state index >= 15 is 0 Å². The van der Waals surface area contributed by atoms with Crippen LogP contribution in [0.15, 0.2) is 24.3 Å². The van der Waals surface area contributed by atoms with Gasteiger partial charge in [-0.05, 0) is 36.6 Å². The molecule has 2 rings (SSSR count). The van der Waals surface area contributed by atoms with Crippen molar-refractivity contribution in [2.45, 2.75) is 38.6 Å². The summed E-state index contributed by atoms with van der Waals surface area (Å²) in [7, 11) is 0. The van der Waals surface area contributed by atoms with E-state index in [4.69, 9.17) is 5.11 Å². The second-order valence-electron chi connectivity index (χ2n) is 5.12. The van der Waals surface area contributed by atoms with Crippen LogP contribution in [0.2, 0.25) is 0 Å². The Kier molecular flexibility index (Phi) is 4.76. The molecule has 0 saturated heterocycles. The zero-order chi connectivity index (χ0) is 12.8. The maximum Gasteiger partial charge on any atom is 0.335 e. The number of rotatable bonds is 6. The maximum atomic E-state index is 10.7. The molecule has 0 bridgehead atoms. The largest absolute Gasteiger partial charge is 0.478 e. The van der Waals surface area contributed by atoms with Gasteiger partial charge in [-0.2, -0.15) is 0 Å². The van der Waals surface area contributed by atoms with Gasteiger partial charge in [0, 0.05) is 6.54 Å². The monoisotopic (exact) mass is 247 g/mol. The summed E-state index contributed by atoms with van der Waals surface area (Å²) in [6, 6.07) is 7.09. The average Bonchev–Trinajstić information content (AvgIpc) is 2.88. The minimum atomic E-state index is -0.865. The fourth-order valence-electron chi connectivity index (χ4n) is 2.60. The maximum absolute atomic E-state index is 10.7. The van der Waals surface area contributed by atoms with Crippen molar-refractivity contribution in [3.63, 3.8) is 0 Å². The third kappa shape index (κ3) is 3.84. The summed E-state index contributed by atoms with van der Waals surface area (Å²) < 4.78 is 0. The average molecular weight is 247 g/mol. The van der Waals surface area contributed by atoms with Gasteiger partial charge in [0.2, 0.25) is 0 Å². The van der Waals surface area contributed by atoms with Gasteiger partial charge in [-0.1, -0.05) is 37.8 Å². The molecule has 0 amide bonds. The number of carboxylic acid groups (broad SMARTS) is 1. The molecule has 1 saturated carbocycles. The predicted molar refractivity (Wildman–Crippen MR) is 71.7 cm³/mol. The molecule has 0 unspecified atom stereocenters. The molecule has 1 aliphatic rings. The smallest absolute Gasteiger partial charge is 0.335 e. The standard InChI is InChI=1S/C15H21NO2/c17-15(18)14-7-5-13(6-8-14)11-16-10-9-12-3-1-2-4-12/h5-8,12,16H,1-4,9-11H2,(H,17,18). The molecule has 0 heterocycles. The topological polar surface area (TPSA) is 49.3 Å². The molecule has 1 fully saturated rings. The lowest BCUT2D eigenvalue weighted by Crippen LogP contribution is -2.17. The molecule has 0 aromatic heterocycles. The summed E-state index contributed by atoms with van der Waals surface area (Å²) in [4.78, 5) is 10.7. The van der Waals surface area contributed by atoms with Crippen molar-refractivity contribution in [2.75, 3.05) is 6.54 Å². The Balaban J connectivity index is 1.68. The molecular formula is C15H21NO2. The fraction of sp³-hybridized carbons (Fsp3) is 0.533. The van der Waals surface area contributed by atoms with Crippen LogP contribution in [0.5, 0.6) is 0 Å². The van der Waals surface area contributed by atoms with Gasteiger partial charge < -0.3 is 10.4 Å². The van der Waals surface area contributed by atoms with E-state index in [1.165, 1.54) is 32.1 Å². The first-order chi connectivity index (χ1) is 8.75. The molecule has 3 heteroatoms. The third-order valence-electron chi connectivity index (χ3n) is 3.73. The van der Waals surface area contributed by atoms with Crippen LogP contribution in [0.3, 0.4) is 0 Å². The Bertz CT molecular complexity index is 380. The predicted octanol–water partition coefficient (Wildman–Crippen LogP) is 3.05. The zero-order valence-corrected chi connectivity index (χ0v) is 10.7. The van der Waals surface area contributed by atoms with Crippen molar-refractivity contribution in [2.24, 2.45) is 5.92 Å². The molecule has 0 atom stereocenters. The van der Waals surface area contributed by atoms with E-state index in [2.05, 4.69) is 5.32 Å². The number of carboxylic acids is 1. The van der Waals surface area contributed by atoms with Crippen molar-refractivity contribution in [3.8, 4) is 0 Å². The van der Waals surface area contributed by atoms with E-state index in [1.54, 1.807) is 12.1 Å². The lowest BCUT2D eigenvalue weighted by molar-refractivity contribution is 0.0697. The third-order valence-corrected chi connectivity index (χ3v) is 3.73. The first-order valence-corrected chi connectivity index (χ1v) is 6.78. The van der Waals surface area contributed by atoms with E-state index in [0.717, 1.165) is 24.6 Å². The first-order valence-electron chi connectivity index (χ1n) is 6.78. The highest BCUT2D eigenvalue weighted by Crippen LogP contribution is 2.26. The minimum Gasteiger partial charge on any atom is -0.478 e. The van der Waals surface area contributed by atoms with Crippen LogP contribution in [-0.2, 0) is 6.54 Å². The highest BCUT2D eigenvalue weighted by atomic mass is 16.4. The lowest BCUT2D eigenvalue weighted by Gasteiger charge is -2.09. The van der Waals surface area contributed by atoms with Gasteiger partial charge in [0.1, 0.15) is 0 Å². The Morgan fingerprint density at radius 1 is 1.22 bits per heavy atom. The summed E-state index contributed by atoms with van der Waals surface area (Å²) in [6.07, 6.45) is 6.87. The summed E-state index contributed by atoms with van der Waals surface area (Å²) >= 11 is 0. The van der Waals surface area contributed by atoms with Crippen molar-refractivity contribution in [3.05, 3.63) is 35.4 Å². The van der Waals surface area contributed by atoms with Gasteiger partial charge in [0.05, 0.1) is 5.56 Å². The summed E-state index contributed by atoms with van der Waals surface area (Å²) in [6.45, 7) is 1.89. The Hall–Kier alpha value is -1.35. The van der Waals surface area contributed by atoms with Gasteiger partial charge in [-0.25, -0.2) is 4.79 Å². The molecule has 2 N–H and O–H groups in total. The molecule has 18 heavy (non-hydrogen) atoms. The molecule has 0 spiro atoms. The van der Waals surface area contributed by atoms with Crippen LogP contribution < -0.4 is 5.32 Å². The Morgan fingerprint density at radius 2 is 1.89 bits per heavy atom. The highest BCUT2D eigenvalue weighted by molar-refractivity contribution is 5.87. The Morgan fingerprint density at radius 3 is 2.50 bits per heavy atom. The quantitative estimate of drug-likeness (QED) is 0.760. The van der Waals surface area contributed by atoms with Gasteiger partial charge in [-0.15, -0.1) is 0 Å². The SMILES string of the molecule is O=C(O)c1ccc(CNCCC2CCCC2)cc1. The lowest BCUT2D eigenvalue weighted by atomic mass is 10.0. The summed E-state index contributed by atoms with van der Waals surface area (Å²) in [5, 5.41) is 12.2. The van der Waals surface area contributed by atoms with Crippen LogP contribution in [-0.4, -0.2) is 17.6 Å². The van der Waals surface area contributed by atoms with Crippen molar-refractivity contribution in [1.82, 2.24) is 5.32 Å². The molecular weight excluding hydrogens is 226 g/mol. The molecule has 0 aliphatic heterocycles.